The van der Waals surface area contributed by atoms with Crippen LogP contribution in [0.3, 0.4) is 0 Å². The van der Waals surface area contributed by atoms with Crippen LogP contribution in [0.25, 0.3) is 10.8 Å². The summed E-state index contributed by atoms with van der Waals surface area (Å²) in [6.07, 6.45) is 10.2. The second-order valence-corrected chi connectivity index (χ2v) is 6.91. The van der Waals surface area contributed by atoms with Crippen LogP contribution in [0.5, 0.6) is 5.75 Å². The van der Waals surface area contributed by atoms with Gasteiger partial charge in [-0.15, -0.1) is 0 Å². The minimum Gasteiger partial charge on any atom is -0.493 e. The van der Waals surface area contributed by atoms with Gasteiger partial charge in [0.1, 0.15) is 5.75 Å². The lowest BCUT2D eigenvalue weighted by Gasteiger charge is -2.15. The average molecular weight is 342 g/mol. The Morgan fingerprint density at radius 2 is 1.56 bits per heavy atom. The van der Waals surface area contributed by atoms with Gasteiger partial charge >= 0.3 is 0 Å². The first kappa shape index (κ1) is 19.8. The van der Waals surface area contributed by atoms with E-state index in [9.17, 15) is 0 Å². The third kappa shape index (κ3) is 6.70. The van der Waals surface area contributed by atoms with Gasteiger partial charge in [-0.25, -0.2) is 0 Å². The SMILES string of the molecule is CCCCCCCCOc1ccc2ccccc2c1CNCCCC. The van der Waals surface area contributed by atoms with Crippen molar-refractivity contribution in [2.75, 3.05) is 13.2 Å². The van der Waals surface area contributed by atoms with Crippen LogP contribution in [0.15, 0.2) is 36.4 Å². The van der Waals surface area contributed by atoms with Gasteiger partial charge in [0, 0.05) is 12.1 Å². The minimum atomic E-state index is 0.826. The van der Waals surface area contributed by atoms with Gasteiger partial charge in [-0.1, -0.05) is 82.7 Å². The number of nitrogens with one attached hydrogen (secondary N) is 1. The average Bonchev–Trinajstić information content (AvgIpc) is 2.65. The Labute approximate surface area is 154 Å². The molecule has 0 unspecified atom stereocenters. The Bertz CT molecular complexity index is 608. The first-order valence-electron chi connectivity index (χ1n) is 10.2. The molecule has 0 saturated heterocycles. The molecule has 0 fully saturated rings. The molecule has 0 atom stereocenters. The molecule has 0 aliphatic heterocycles. The van der Waals surface area contributed by atoms with Crippen molar-refractivity contribution in [2.45, 2.75) is 71.8 Å². The molecule has 0 spiro atoms. The summed E-state index contributed by atoms with van der Waals surface area (Å²) in [6.45, 7) is 7.27. The van der Waals surface area contributed by atoms with Crippen molar-refractivity contribution in [3.63, 3.8) is 0 Å². The monoisotopic (exact) mass is 341 g/mol. The fraction of sp³-hybridized carbons (Fsp3) is 0.565. The van der Waals surface area contributed by atoms with Crippen molar-refractivity contribution in [2.24, 2.45) is 0 Å². The van der Waals surface area contributed by atoms with Gasteiger partial charge in [0.15, 0.2) is 0 Å². The van der Waals surface area contributed by atoms with Gasteiger partial charge in [-0.3, -0.25) is 0 Å². The van der Waals surface area contributed by atoms with Gasteiger partial charge in [0.25, 0.3) is 0 Å². The van der Waals surface area contributed by atoms with Gasteiger partial charge < -0.3 is 10.1 Å². The highest BCUT2D eigenvalue weighted by molar-refractivity contribution is 5.87. The summed E-state index contributed by atoms with van der Waals surface area (Å²) in [7, 11) is 0. The lowest BCUT2D eigenvalue weighted by Crippen LogP contribution is -2.15. The van der Waals surface area contributed by atoms with Crippen molar-refractivity contribution in [1.82, 2.24) is 5.32 Å². The van der Waals surface area contributed by atoms with E-state index in [1.54, 1.807) is 0 Å². The second-order valence-electron chi connectivity index (χ2n) is 6.91. The first-order chi connectivity index (χ1) is 12.4. The van der Waals surface area contributed by atoms with Crippen molar-refractivity contribution >= 4 is 10.8 Å². The van der Waals surface area contributed by atoms with Crippen LogP contribution < -0.4 is 10.1 Å². The maximum atomic E-state index is 6.17. The predicted octanol–water partition coefficient (Wildman–Crippen LogP) is 6.47. The molecular weight excluding hydrogens is 306 g/mol. The van der Waals surface area contributed by atoms with Crippen molar-refractivity contribution in [3.8, 4) is 5.75 Å². The standard InChI is InChI=1S/C23H35NO/c1-3-5-7-8-9-12-18-25-23-16-15-20-13-10-11-14-21(20)22(23)19-24-17-6-4-2/h10-11,13-16,24H,3-9,12,17-19H2,1-2H3. The number of fused-ring (bicyclic) bond motifs is 1. The summed E-state index contributed by atoms with van der Waals surface area (Å²) in [5.74, 6) is 1.05. The normalized spacial score (nSPS) is 11.1. The fourth-order valence-corrected chi connectivity index (χ4v) is 3.21. The van der Waals surface area contributed by atoms with Gasteiger partial charge in [-0.05, 0) is 36.2 Å². The summed E-state index contributed by atoms with van der Waals surface area (Å²) in [4.78, 5) is 0. The molecule has 0 aromatic heterocycles. The summed E-state index contributed by atoms with van der Waals surface area (Å²) in [5, 5.41) is 6.19. The quantitative estimate of drug-likeness (QED) is 0.422. The molecule has 25 heavy (non-hydrogen) atoms. The summed E-state index contributed by atoms with van der Waals surface area (Å²) >= 11 is 0. The third-order valence-electron chi connectivity index (χ3n) is 4.76. The van der Waals surface area contributed by atoms with Crippen molar-refractivity contribution in [1.29, 1.82) is 0 Å². The lowest BCUT2D eigenvalue weighted by atomic mass is 10.0. The first-order valence-corrected chi connectivity index (χ1v) is 10.2. The number of hydrogen-bond donors (Lipinski definition) is 1. The molecule has 2 aromatic rings. The maximum Gasteiger partial charge on any atom is 0.124 e. The topological polar surface area (TPSA) is 21.3 Å². The maximum absolute atomic E-state index is 6.17. The van der Waals surface area contributed by atoms with Gasteiger partial charge in [0.2, 0.25) is 0 Å². The van der Waals surface area contributed by atoms with E-state index in [-0.39, 0.29) is 0 Å². The molecule has 138 valence electrons. The molecule has 0 bridgehead atoms. The van der Waals surface area contributed by atoms with Crippen molar-refractivity contribution < 1.29 is 4.74 Å². The molecule has 2 rings (SSSR count). The smallest absolute Gasteiger partial charge is 0.124 e. The van der Waals surface area contributed by atoms with E-state index in [2.05, 4.69) is 55.6 Å². The molecule has 2 aromatic carbocycles. The van der Waals surface area contributed by atoms with Crippen LogP contribution in [0.4, 0.5) is 0 Å². The highest BCUT2D eigenvalue weighted by Crippen LogP contribution is 2.28. The van der Waals surface area contributed by atoms with Crippen molar-refractivity contribution in [3.05, 3.63) is 42.0 Å². The Kier molecular flexibility index (Phi) is 9.43. The molecule has 2 heteroatoms. The van der Waals surface area contributed by atoms with E-state index in [0.29, 0.717) is 0 Å². The molecule has 2 nitrogen and oxygen atoms in total. The zero-order chi connectivity index (χ0) is 17.7. The number of benzene rings is 2. The minimum absolute atomic E-state index is 0.826. The Hall–Kier alpha value is -1.54. The van der Waals surface area contributed by atoms with Crippen LogP contribution in [0.2, 0.25) is 0 Å². The molecular formula is C23H35NO. The molecule has 0 amide bonds. The Morgan fingerprint density at radius 3 is 2.40 bits per heavy atom. The van der Waals surface area contributed by atoms with E-state index < -0.39 is 0 Å². The lowest BCUT2D eigenvalue weighted by molar-refractivity contribution is 0.301. The summed E-state index contributed by atoms with van der Waals surface area (Å²) in [5.41, 5.74) is 1.31. The second kappa shape index (κ2) is 11.9. The van der Waals surface area contributed by atoms with E-state index in [1.165, 1.54) is 61.3 Å². The Morgan fingerprint density at radius 1 is 0.800 bits per heavy atom. The zero-order valence-corrected chi connectivity index (χ0v) is 16.2. The van der Waals surface area contributed by atoms with Crippen LogP contribution >= 0.6 is 0 Å². The summed E-state index contributed by atoms with van der Waals surface area (Å²) < 4.78 is 6.17. The number of hydrogen-bond acceptors (Lipinski definition) is 2. The van der Waals surface area contributed by atoms with Crippen LogP contribution in [-0.4, -0.2) is 13.2 Å². The molecule has 1 N–H and O–H groups in total. The fourth-order valence-electron chi connectivity index (χ4n) is 3.21. The van der Waals surface area contributed by atoms with E-state index in [1.807, 2.05) is 0 Å². The third-order valence-corrected chi connectivity index (χ3v) is 4.76. The van der Waals surface area contributed by atoms with Crippen LogP contribution in [0, 0.1) is 0 Å². The molecule has 0 saturated carbocycles. The van der Waals surface area contributed by atoms with E-state index >= 15 is 0 Å². The molecule has 0 heterocycles. The zero-order valence-electron chi connectivity index (χ0n) is 16.2. The molecule has 0 radical (unpaired) electrons. The van der Waals surface area contributed by atoms with Crippen LogP contribution in [-0.2, 0) is 6.54 Å². The number of rotatable bonds is 13. The van der Waals surface area contributed by atoms with E-state index in [4.69, 9.17) is 4.74 Å². The number of unbranched alkanes of at least 4 members (excludes halogenated alkanes) is 6. The van der Waals surface area contributed by atoms with E-state index in [0.717, 1.165) is 31.9 Å². The molecule has 0 aliphatic rings. The molecule has 0 aliphatic carbocycles. The predicted molar refractivity (Wildman–Crippen MR) is 109 cm³/mol. The van der Waals surface area contributed by atoms with Gasteiger partial charge in [-0.2, -0.15) is 0 Å². The van der Waals surface area contributed by atoms with Crippen LogP contribution in [0.1, 0.15) is 70.8 Å². The highest BCUT2D eigenvalue weighted by atomic mass is 16.5. The highest BCUT2D eigenvalue weighted by Gasteiger charge is 2.08. The Balaban J connectivity index is 1.94. The number of ether oxygens (including phenoxy) is 1. The largest absolute Gasteiger partial charge is 0.493 e. The van der Waals surface area contributed by atoms with Gasteiger partial charge in [0.05, 0.1) is 6.61 Å². The summed E-state index contributed by atoms with van der Waals surface area (Å²) in [6, 6.07) is 13.0.